The Morgan fingerprint density at radius 3 is 2.41 bits per heavy atom. The average molecular weight is 373 g/mol. The van der Waals surface area contributed by atoms with E-state index in [4.69, 9.17) is 0 Å². The average Bonchev–Trinajstić information content (AvgIpc) is 2.55. The Morgan fingerprint density at radius 2 is 1.93 bits per heavy atom. The molecule has 0 saturated carbocycles. The maximum atomic E-state index is 12.4. The quantitative estimate of drug-likeness (QED) is 0.139. The zero-order valence-corrected chi connectivity index (χ0v) is 15.3. The highest BCUT2D eigenvalue weighted by atomic mass is 16.6. The van der Waals surface area contributed by atoms with Gasteiger partial charge >= 0.3 is 5.69 Å². The van der Waals surface area contributed by atoms with Gasteiger partial charge in [0.25, 0.3) is 5.91 Å². The predicted molar refractivity (Wildman–Crippen MR) is 96.5 cm³/mol. The Labute approximate surface area is 155 Å². The van der Waals surface area contributed by atoms with Crippen LogP contribution in [0.25, 0.3) is 5.76 Å². The minimum absolute atomic E-state index is 0.00443. The smallest absolute Gasteiger partial charge is 0.315 e. The largest absolute Gasteiger partial charge is 0.506 e. The van der Waals surface area contributed by atoms with Crippen molar-refractivity contribution in [3.8, 4) is 29.4 Å². The molecule has 0 aliphatic rings. The van der Waals surface area contributed by atoms with E-state index in [1.165, 1.54) is 7.05 Å². The van der Waals surface area contributed by atoms with Crippen molar-refractivity contribution < 1.29 is 25.0 Å². The van der Waals surface area contributed by atoms with Crippen LogP contribution in [0.4, 0.5) is 5.69 Å². The maximum absolute atomic E-state index is 12.4. The molecule has 0 aromatic heterocycles. The monoisotopic (exact) mass is 373 g/mol. The summed E-state index contributed by atoms with van der Waals surface area (Å²) in [4.78, 5) is 23.4. The Kier molecular flexibility index (Phi) is 6.40. The molecule has 0 radical (unpaired) electrons. The first kappa shape index (κ1) is 21.3. The molecule has 1 rings (SSSR count). The third kappa shape index (κ3) is 5.38. The number of carbonyl (C=O) groups is 1. The molecular formula is C18H19N3O6. The molecule has 0 unspecified atom stereocenters. The summed E-state index contributed by atoms with van der Waals surface area (Å²) in [7, 11) is 1.38. The van der Waals surface area contributed by atoms with Gasteiger partial charge in [-0.05, 0) is 26.8 Å². The number of likely N-dealkylation sites (N-methyl/N-ethyl adjacent to an activating group) is 1. The molecule has 9 heteroatoms. The lowest BCUT2D eigenvalue weighted by molar-refractivity contribution is -0.386. The summed E-state index contributed by atoms with van der Waals surface area (Å²) in [5.74, 6) is 2.12. The van der Waals surface area contributed by atoms with Gasteiger partial charge in [-0.3, -0.25) is 14.9 Å². The van der Waals surface area contributed by atoms with Gasteiger partial charge in [-0.2, -0.15) is 5.26 Å². The van der Waals surface area contributed by atoms with Gasteiger partial charge in [0.1, 0.15) is 11.8 Å². The minimum atomic E-state index is -0.990. The van der Waals surface area contributed by atoms with Gasteiger partial charge in [0.05, 0.1) is 11.5 Å². The van der Waals surface area contributed by atoms with Gasteiger partial charge in [-0.25, -0.2) is 0 Å². The second-order valence-electron chi connectivity index (χ2n) is 6.67. The highest BCUT2D eigenvalue weighted by Crippen LogP contribution is 2.38. The van der Waals surface area contributed by atoms with Gasteiger partial charge < -0.3 is 20.2 Å². The second kappa shape index (κ2) is 8.11. The number of nitro benzene ring substituents is 1. The Hall–Kier alpha value is -3.72. The zero-order chi connectivity index (χ0) is 20.9. The molecule has 142 valence electrons. The van der Waals surface area contributed by atoms with Gasteiger partial charge in [-0.15, -0.1) is 0 Å². The molecule has 9 nitrogen and oxygen atoms in total. The SMILES string of the molecule is CN(CC#CC(C)(C)C)C(=O)/C(C#N)=C(\O)c1cc(O)c(O)c([N+](=O)[O-])c1. The summed E-state index contributed by atoms with van der Waals surface area (Å²) in [5, 5.41) is 49.5. The van der Waals surface area contributed by atoms with E-state index >= 15 is 0 Å². The first-order valence-electron chi connectivity index (χ1n) is 7.68. The van der Waals surface area contributed by atoms with Crippen molar-refractivity contribution in [3.05, 3.63) is 33.4 Å². The number of carbonyl (C=O) groups excluding carboxylic acids is 1. The predicted octanol–water partition coefficient (Wildman–Crippen LogP) is 2.31. The van der Waals surface area contributed by atoms with Crippen LogP contribution < -0.4 is 0 Å². The van der Waals surface area contributed by atoms with Crippen LogP contribution in [-0.2, 0) is 4.79 Å². The summed E-state index contributed by atoms with van der Waals surface area (Å²) in [6, 6.07) is 3.10. The number of nitriles is 1. The van der Waals surface area contributed by atoms with Gasteiger partial charge in [0.2, 0.25) is 5.75 Å². The Bertz CT molecular complexity index is 910. The summed E-state index contributed by atoms with van der Waals surface area (Å²) in [6.07, 6.45) is 0. The number of benzene rings is 1. The molecule has 0 aliphatic heterocycles. The fourth-order valence-corrected chi connectivity index (χ4v) is 1.91. The molecule has 27 heavy (non-hydrogen) atoms. The normalized spacial score (nSPS) is 11.5. The number of nitro groups is 1. The lowest BCUT2D eigenvalue weighted by Gasteiger charge is -2.15. The standard InChI is InChI=1S/C18H19N3O6/c1-18(2,3)6-5-7-20(4)17(25)12(10-19)15(23)11-8-13(21(26)27)16(24)14(22)9-11/h8-9,22-24H,7H2,1-4H3/b15-12-. The molecular weight excluding hydrogens is 354 g/mol. The van der Waals surface area contributed by atoms with Crippen LogP contribution in [0.1, 0.15) is 26.3 Å². The molecule has 1 aromatic rings. The minimum Gasteiger partial charge on any atom is -0.506 e. The number of aliphatic hydroxyl groups excluding tert-OH is 1. The summed E-state index contributed by atoms with van der Waals surface area (Å²) >= 11 is 0. The molecule has 1 amide bonds. The third-order valence-electron chi connectivity index (χ3n) is 3.23. The van der Waals surface area contributed by atoms with Crippen LogP contribution in [-0.4, -0.2) is 44.6 Å². The number of phenols is 2. The van der Waals surface area contributed by atoms with Crippen molar-refractivity contribution >= 4 is 17.4 Å². The van der Waals surface area contributed by atoms with E-state index in [1.807, 2.05) is 20.8 Å². The molecule has 0 fully saturated rings. The van der Waals surface area contributed by atoms with E-state index in [0.29, 0.717) is 0 Å². The molecule has 0 bridgehead atoms. The Morgan fingerprint density at radius 1 is 1.33 bits per heavy atom. The fourth-order valence-electron chi connectivity index (χ4n) is 1.91. The van der Waals surface area contributed by atoms with Crippen LogP contribution in [0.15, 0.2) is 17.7 Å². The summed E-state index contributed by atoms with van der Waals surface area (Å²) in [5.41, 5.74) is -2.21. The molecule has 0 atom stereocenters. The number of phenolic OH excluding ortho intramolecular Hbond substituents is 2. The van der Waals surface area contributed by atoms with Crippen molar-refractivity contribution in [2.75, 3.05) is 13.6 Å². The zero-order valence-electron chi connectivity index (χ0n) is 15.3. The molecule has 0 heterocycles. The number of hydrogen-bond donors (Lipinski definition) is 3. The lowest BCUT2D eigenvalue weighted by atomic mass is 9.98. The number of aliphatic hydroxyl groups is 1. The van der Waals surface area contributed by atoms with Crippen molar-refractivity contribution in [2.24, 2.45) is 5.41 Å². The molecule has 1 aromatic carbocycles. The van der Waals surface area contributed by atoms with E-state index in [-0.39, 0.29) is 17.5 Å². The highest BCUT2D eigenvalue weighted by molar-refractivity contribution is 6.03. The number of hydrogen-bond acceptors (Lipinski definition) is 7. The first-order chi connectivity index (χ1) is 12.4. The van der Waals surface area contributed by atoms with Crippen molar-refractivity contribution in [2.45, 2.75) is 20.8 Å². The number of aromatic hydroxyl groups is 2. The van der Waals surface area contributed by atoms with E-state index in [2.05, 4.69) is 11.8 Å². The summed E-state index contributed by atoms with van der Waals surface area (Å²) in [6.45, 7) is 5.66. The van der Waals surface area contributed by atoms with Crippen LogP contribution in [0.2, 0.25) is 0 Å². The van der Waals surface area contributed by atoms with Gasteiger partial charge in [-0.1, -0.05) is 11.8 Å². The topological polar surface area (TPSA) is 148 Å². The van der Waals surface area contributed by atoms with E-state index < -0.39 is 39.3 Å². The second-order valence-corrected chi connectivity index (χ2v) is 6.67. The van der Waals surface area contributed by atoms with Crippen LogP contribution in [0, 0.1) is 38.7 Å². The van der Waals surface area contributed by atoms with E-state index in [9.17, 15) is 35.5 Å². The maximum Gasteiger partial charge on any atom is 0.315 e. The fraction of sp³-hybridized carbons (Fsp3) is 0.333. The molecule has 0 spiro atoms. The number of rotatable bonds is 4. The lowest BCUT2D eigenvalue weighted by Crippen LogP contribution is -2.29. The van der Waals surface area contributed by atoms with E-state index in [0.717, 1.165) is 17.0 Å². The first-order valence-corrected chi connectivity index (χ1v) is 7.68. The van der Waals surface area contributed by atoms with Crippen LogP contribution in [0.5, 0.6) is 11.5 Å². The van der Waals surface area contributed by atoms with Crippen molar-refractivity contribution in [1.29, 1.82) is 5.26 Å². The van der Waals surface area contributed by atoms with Gasteiger partial charge in [0, 0.05) is 24.1 Å². The molecule has 0 saturated heterocycles. The molecule has 0 aliphatic carbocycles. The Balaban J connectivity index is 3.31. The van der Waals surface area contributed by atoms with E-state index in [1.54, 1.807) is 6.07 Å². The van der Waals surface area contributed by atoms with Gasteiger partial charge in [0.15, 0.2) is 11.3 Å². The van der Waals surface area contributed by atoms with Crippen molar-refractivity contribution in [1.82, 2.24) is 4.90 Å². The van der Waals surface area contributed by atoms with Crippen LogP contribution >= 0.6 is 0 Å². The number of nitrogens with zero attached hydrogens (tertiary/aromatic N) is 3. The van der Waals surface area contributed by atoms with Crippen LogP contribution in [0.3, 0.4) is 0 Å². The third-order valence-corrected chi connectivity index (χ3v) is 3.23. The summed E-state index contributed by atoms with van der Waals surface area (Å²) < 4.78 is 0. The van der Waals surface area contributed by atoms with Crippen molar-refractivity contribution in [3.63, 3.8) is 0 Å². The number of amides is 1. The molecule has 3 N–H and O–H groups in total. The highest BCUT2D eigenvalue weighted by Gasteiger charge is 2.24.